The predicted octanol–water partition coefficient (Wildman–Crippen LogP) is 4.58. The zero-order chi connectivity index (χ0) is 21.2. The van der Waals surface area contributed by atoms with E-state index in [0.29, 0.717) is 45.6 Å². The quantitative estimate of drug-likeness (QED) is 0.367. The second kappa shape index (κ2) is 8.15. The third kappa shape index (κ3) is 3.73. The number of aromatic amines is 1. The van der Waals surface area contributed by atoms with Crippen molar-refractivity contribution >= 4 is 22.7 Å². The molecule has 5 rings (SSSR count). The molecule has 156 valence electrons. The molecule has 0 fully saturated rings. The Hall–Kier alpha value is -3.79. The van der Waals surface area contributed by atoms with E-state index in [1.54, 1.807) is 20.3 Å². The van der Waals surface area contributed by atoms with Crippen LogP contribution in [-0.4, -0.2) is 39.5 Å². The van der Waals surface area contributed by atoms with Gasteiger partial charge in [-0.15, -0.1) is 10.2 Å². The highest BCUT2D eigenvalue weighted by Gasteiger charge is 2.17. The van der Waals surface area contributed by atoms with Crippen LogP contribution in [0.2, 0.25) is 0 Å². The van der Waals surface area contributed by atoms with E-state index >= 15 is 0 Å². The number of thioether (sulfide) groups is 1. The van der Waals surface area contributed by atoms with Crippen LogP contribution in [0.3, 0.4) is 0 Å². The summed E-state index contributed by atoms with van der Waals surface area (Å²) in [6.07, 6.45) is 1.86. The lowest BCUT2D eigenvalue weighted by atomic mass is 10.2. The summed E-state index contributed by atoms with van der Waals surface area (Å²) in [6.45, 7) is 0. The lowest BCUT2D eigenvalue weighted by molar-refractivity contribution is 0.387. The molecule has 9 nitrogen and oxygen atoms in total. The van der Waals surface area contributed by atoms with Crippen molar-refractivity contribution in [3.05, 3.63) is 54.6 Å². The number of fused-ring (bicyclic) bond motifs is 1. The Morgan fingerprint density at radius 3 is 2.81 bits per heavy atom. The number of aromatic nitrogens is 5. The minimum absolute atomic E-state index is 0.390. The van der Waals surface area contributed by atoms with Crippen LogP contribution < -0.4 is 9.47 Å². The van der Waals surface area contributed by atoms with Crippen molar-refractivity contribution in [1.29, 1.82) is 0 Å². The van der Waals surface area contributed by atoms with E-state index in [0.717, 1.165) is 16.5 Å². The lowest BCUT2D eigenvalue weighted by Gasteiger charge is -2.07. The Labute approximate surface area is 180 Å². The van der Waals surface area contributed by atoms with Gasteiger partial charge in [0.25, 0.3) is 11.1 Å². The number of hydrogen-bond donors (Lipinski definition) is 1. The van der Waals surface area contributed by atoms with Crippen LogP contribution in [0.5, 0.6) is 11.5 Å². The van der Waals surface area contributed by atoms with Gasteiger partial charge < -0.3 is 23.4 Å². The largest absolute Gasteiger partial charge is 0.497 e. The first-order chi connectivity index (χ1) is 15.2. The molecule has 10 heteroatoms. The summed E-state index contributed by atoms with van der Waals surface area (Å²) in [5, 5.41) is 13.8. The smallest absolute Gasteiger partial charge is 0.277 e. The molecule has 1 N–H and O–H groups in total. The van der Waals surface area contributed by atoms with Crippen molar-refractivity contribution < 1.29 is 18.4 Å². The van der Waals surface area contributed by atoms with Crippen molar-refractivity contribution in [1.82, 2.24) is 25.3 Å². The minimum atomic E-state index is 0.390. The van der Waals surface area contributed by atoms with E-state index < -0.39 is 0 Å². The van der Waals surface area contributed by atoms with Crippen molar-refractivity contribution in [2.75, 3.05) is 14.2 Å². The van der Waals surface area contributed by atoms with Crippen LogP contribution in [0.4, 0.5) is 0 Å². The molecule has 0 aliphatic rings. The standard InChI is InChI=1S/C21H17N5O4S/c1-27-12-7-8-14(17(9-12)28-2)19-23-18(30-26-19)11-31-21-25-24-20(29-21)15-10-22-16-6-4-3-5-13(15)16/h3-10,22H,11H2,1-2H3. The first kappa shape index (κ1) is 19.2. The topological polar surface area (TPSA) is 112 Å². The summed E-state index contributed by atoms with van der Waals surface area (Å²) >= 11 is 1.32. The predicted molar refractivity (Wildman–Crippen MR) is 114 cm³/mol. The number of rotatable bonds is 7. The number of nitrogens with zero attached hydrogens (tertiary/aromatic N) is 4. The zero-order valence-corrected chi connectivity index (χ0v) is 17.5. The normalized spacial score (nSPS) is 11.2. The molecule has 0 radical (unpaired) electrons. The fraction of sp³-hybridized carbons (Fsp3) is 0.143. The summed E-state index contributed by atoms with van der Waals surface area (Å²) in [4.78, 5) is 7.65. The molecular weight excluding hydrogens is 418 g/mol. The first-order valence-corrected chi connectivity index (χ1v) is 10.3. The van der Waals surface area contributed by atoms with Gasteiger partial charge in [-0.1, -0.05) is 35.1 Å². The van der Waals surface area contributed by atoms with Gasteiger partial charge in [0.15, 0.2) is 0 Å². The van der Waals surface area contributed by atoms with Crippen LogP contribution in [0.15, 0.2) is 62.8 Å². The van der Waals surface area contributed by atoms with Crippen LogP contribution in [-0.2, 0) is 5.75 Å². The third-order valence-corrected chi connectivity index (χ3v) is 5.47. The molecule has 0 atom stereocenters. The van der Waals surface area contributed by atoms with Gasteiger partial charge in [0, 0.05) is 23.2 Å². The molecule has 31 heavy (non-hydrogen) atoms. The van der Waals surface area contributed by atoms with Crippen molar-refractivity contribution in [3.8, 4) is 34.3 Å². The van der Waals surface area contributed by atoms with Gasteiger partial charge >= 0.3 is 0 Å². The average molecular weight is 435 g/mol. The Bertz CT molecular complexity index is 1340. The van der Waals surface area contributed by atoms with E-state index in [1.807, 2.05) is 42.6 Å². The highest BCUT2D eigenvalue weighted by atomic mass is 32.2. The maximum Gasteiger partial charge on any atom is 0.277 e. The van der Waals surface area contributed by atoms with Gasteiger partial charge in [-0.05, 0) is 18.2 Å². The molecule has 0 amide bonds. The number of nitrogens with one attached hydrogen (secondary N) is 1. The Kier molecular flexibility index (Phi) is 5.04. The Morgan fingerprint density at radius 2 is 1.94 bits per heavy atom. The molecule has 0 bridgehead atoms. The second-order valence-electron chi connectivity index (χ2n) is 6.49. The van der Waals surface area contributed by atoms with Crippen LogP contribution in [0, 0.1) is 0 Å². The Morgan fingerprint density at radius 1 is 1.03 bits per heavy atom. The number of para-hydroxylation sites is 1. The Balaban J connectivity index is 1.30. The van der Waals surface area contributed by atoms with Gasteiger partial charge in [0.05, 0.1) is 31.1 Å². The van der Waals surface area contributed by atoms with E-state index in [4.69, 9.17) is 18.4 Å². The molecule has 0 saturated heterocycles. The summed E-state index contributed by atoms with van der Waals surface area (Å²) < 4.78 is 21.8. The van der Waals surface area contributed by atoms with Crippen molar-refractivity contribution in [3.63, 3.8) is 0 Å². The first-order valence-electron chi connectivity index (χ1n) is 9.33. The van der Waals surface area contributed by atoms with E-state index in [2.05, 4.69) is 25.3 Å². The minimum Gasteiger partial charge on any atom is -0.497 e. The second-order valence-corrected chi connectivity index (χ2v) is 7.41. The van der Waals surface area contributed by atoms with Gasteiger partial charge in [0.2, 0.25) is 11.7 Å². The molecule has 0 spiro atoms. The third-order valence-electron chi connectivity index (χ3n) is 4.66. The molecule has 2 aromatic carbocycles. The van der Waals surface area contributed by atoms with E-state index in [-0.39, 0.29) is 0 Å². The zero-order valence-electron chi connectivity index (χ0n) is 16.7. The number of H-pyrrole nitrogens is 1. The maximum atomic E-state index is 5.81. The summed E-state index contributed by atoms with van der Waals surface area (Å²) in [5.41, 5.74) is 2.58. The van der Waals surface area contributed by atoms with Crippen LogP contribution in [0.25, 0.3) is 33.7 Å². The van der Waals surface area contributed by atoms with Crippen molar-refractivity contribution in [2.24, 2.45) is 0 Å². The SMILES string of the molecule is COc1ccc(-c2noc(CSc3nnc(-c4c[nH]c5ccccc45)o3)n2)c(OC)c1. The van der Waals surface area contributed by atoms with Gasteiger partial charge in [-0.3, -0.25) is 0 Å². The molecule has 0 unspecified atom stereocenters. The number of ether oxygens (including phenoxy) is 2. The maximum absolute atomic E-state index is 5.81. The lowest BCUT2D eigenvalue weighted by Crippen LogP contribution is -1.91. The summed E-state index contributed by atoms with van der Waals surface area (Å²) in [5.74, 6) is 2.99. The van der Waals surface area contributed by atoms with Gasteiger partial charge in [-0.25, -0.2) is 0 Å². The monoisotopic (exact) mass is 435 g/mol. The van der Waals surface area contributed by atoms with Crippen LogP contribution >= 0.6 is 11.8 Å². The number of hydrogen-bond acceptors (Lipinski definition) is 9. The molecular formula is C21H17N5O4S. The van der Waals surface area contributed by atoms with Crippen molar-refractivity contribution in [2.45, 2.75) is 11.0 Å². The summed E-state index contributed by atoms with van der Waals surface area (Å²) in [7, 11) is 3.18. The fourth-order valence-electron chi connectivity index (χ4n) is 3.16. The molecule has 0 saturated carbocycles. The van der Waals surface area contributed by atoms with E-state index in [1.165, 1.54) is 11.8 Å². The average Bonchev–Trinajstić information content (AvgIpc) is 3.56. The summed E-state index contributed by atoms with van der Waals surface area (Å²) in [6, 6.07) is 13.3. The number of benzene rings is 2. The molecule has 3 heterocycles. The van der Waals surface area contributed by atoms with Gasteiger partial charge in [-0.2, -0.15) is 4.98 Å². The van der Waals surface area contributed by atoms with Gasteiger partial charge in [0.1, 0.15) is 11.5 Å². The number of methoxy groups -OCH3 is 2. The van der Waals surface area contributed by atoms with E-state index in [9.17, 15) is 0 Å². The van der Waals surface area contributed by atoms with Crippen LogP contribution in [0.1, 0.15) is 5.89 Å². The fourth-order valence-corrected chi connectivity index (χ4v) is 3.76. The highest BCUT2D eigenvalue weighted by molar-refractivity contribution is 7.98. The molecule has 3 aromatic heterocycles. The molecule has 5 aromatic rings. The molecule has 0 aliphatic heterocycles. The highest BCUT2D eigenvalue weighted by Crippen LogP contribution is 2.33. The molecule has 0 aliphatic carbocycles.